The van der Waals surface area contributed by atoms with Gasteiger partial charge in [0.2, 0.25) is 0 Å². The number of carbonyl (C=O) groups is 1. The molecule has 0 unspecified atom stereocenters. The summed E-state index contributed by atoms with van der Waals surface area (Å²) in [5.74, 6) is 0.471. The molecule has 0 aliphatic heterocycles. The first-order chi connectivity index (χ1) is 8.69. The molecule has 0 aromatic heterocycles. The lowest BCUT2D eigenvalue weighted by Gasteiger charge is -2.06. The van der Waals surface area contributed by atoms with Crippen molar-refractivity contribution in [2.75, 3.05) is 20.3 Å². The molecule has 0 fully saturated rings. The van der Waals surface area contributed by atoms with Gasteiger partial charge in [0, 0.05) is 12.2 Å². The number of hydrogen-bond acceptors (Lipinski definition) is 3. The summed E-state index contributed by atoms with van der Waals surface area (Å²) in [5.41, 5.74) is 0.532. The van der Waals surface area contributed by atoms with E-state index in [1.54, 1.807) is 18.2 Å². The van der Waals surface area contributed by atoms with Crippen LogP contribution in [0.1, 0.15) is 23.2 Å². The Bertz CT molecular complexity index is 416. The van der Waals surface area contributed by atoms with E-state index in [4.69, 9.17) is 21.1 Å². The summed E-state index contributed by atoms with van der Waals surface area (Å²) < 4.78 is 10.3. The quantitative estimate of drug-likeness (QED) is 0.411. The van der Waals surface area contributed by atoms with Crippen molar-refractivity contribution in [3.8, 4) is 5.75 Å². The van der Waals surface area contributed by atoms with Gasteiger partial charge in [0.25, 0.3) is 0 Å². The molecule has 3 nitrogen and oxygen atoms in total. The number of unbranched alkanes of at least 4 members (excludes halogenated alkanes) is 1. The van der Waals surface area contributed by atoms with Crippen LogP contribution >= 0.6 is 11.6 Å². The summed E-state index contributed by atoms with van der Waals surface area (Å²) >= 11 is 5.95. The van der Waals surface area contributed by atoms with Crippen molar-refractivity contribution in [2.45, 2.75) is 12.8 Å². The number of Topliss-reactive ketones (excluding diaryl/α,β-unsaturated/α-hetero) is 1. The summed E-state index contributed by atoms with van der Waals surface area (Å²) in [7, 11) is 1.53. The molecule has 1 rings (SSSR count). The van der Waals surface area contributed by atoms with Crippen LogP contribution in [0.2, 0.25) is 5.02 Å². The van der Waals surface area contributed by atoms with Gasteiger partial charge in [-0.05, 0) is 31.0 Å². The Morgan fingerprint density at radius 2 is 2.28 bits per heavy atom. The first kappa shape index (κ1) is 14.7. The molecule has 0 saturated carbocycles. The number of hydrogen-bond donors (Lipinski definition) is 0. The molecule has 1 aromatic rings. The first-order valence-corrected chi connectivity index (χ1v) is 6.12. The number of rotatable bonds is 8. The minimum atomic E-state index is -0.0850. The van der Waals surface area contributed by atoms with Gasteiger partial charge in [-0.3, -0.25) is 4.79 Å². The third-order valence-electron chi connectivity index (χ3n) is 2.40. The number of benzene rings is 1. The van der Waals surface area contributed by atoms with E-state index in [1.807, 2.05) is 6.08 Å². The molecule has 98 valence electrons. The minimum absolute atomic E-state index is 0.0692. The molecule has 18 heavy (non-hydrogen) atoms. The smallest absolute Gasteiger partial charge is 0.188 e. The summed E-state index contributed by atoms with van der Waals surface area (Å²) in [5, 5.41) is 0.426. The van der Waals surface area contributed by atoms with Crippen LogP contribution < -0.4 is 4.74 Å². The lowest BCUT2D eigenvalue weighted by atomic mass is 10.1. The molecular formula is C14H17ClO3. The van der Waals surface area contributed by atoms with Crippen molar-refractivity contribution in [2.24, 2.45) is 0 Å². The molecule has 0 radical (unpaired) electrons. The molecule has 0 atom stereocenters. The topological polar surface area (TPSA) is 35.5 Å². The normalized spacial score (nSPS) is 10.1. The van der Waals surface area contributed by atoms with Gasteiger partial charge < -0.3 is 9.47 Å². The summed E-state index contributed by atoms with van der Waals surface area (Å²) in [6.07, 6.45) is 3.59. The summed E-state index contributed by atoms with van der Waals surface area (Å²) in [4.78, 5) is 11.8. The van der Waals surface area contributed by atoms with Crippen molar-refractivity contribution in [3.63, 3.8) is 0 Å². The second kappa shape index (κ2) is 7.90. The first-order valence-electron chi connectivity index (χ1n) is 5.74. The highest BCUT2D eigenvalue weighted by Gasteiger charge is 2.09. The molecule has 4 heteroatoms. The van der Waals surface area contributed by atoms with E-state index < -0.39 is 0 Å². The van der Waals surface area contributed by atoms with E-state index in [0.29, 0.717) is 22.9 Å². The Morgan fingerprint density at radius 3 is 2.89 bits per heavy atom. The molecule has 0 aliphatic carbocycles. The molecule has 0 amide bonds. The standard InChI is InChI=1S/C14H17ClO3/c1-3-4-5-8-18-10-13(16)11-6-7-14(17-2)12(15)9-11/h3,6-7,9H,1,4-5,8,10H2,2H3. The van der Waals surface area contributed by atoms with Crippen LogP contribution in [-0.4, -0.2) is 26.1 Å². The second-order valence-electron chi connectivity index (χ2n) is 3.76. The van der Waals surface area contributed by atoms with Gasteiger partial charge >= 0.3 is 0 Å². The van der Waals surface area contributed by atoms with Crippen LogP contribution in [0.25, 0.3) is 0 Å². The van der Waals surface area contributed by atoms with Crippen LogP contribution in [0.4, 0.5) is 0 Å². The number of halogens is 1. The molecule has 0 bridgehead atoms. The number of ether oxygens (including phenoxy) is 2. The van der Waals surface area contributed by atoms with Gasteiger partial charge in [-0.15, -0.1) is 6.58 Å². The Kier molecular flexibility index (Phi) is 6.47. The van der Waals surface area contributed by atoms with Gasteiger partial charge in [0.15, 0.2) is 5.78 Å². The third-order valence-corrected chi connectivity index (χ3v) is 2.70. The molecule has 0 aliphatic rings. The predicted octanol–water partition coefficient (Wildman–Crippen LogP) is 3.51. The monoisotopic (exact) mass is 268 g/mol. The Labute approximate surface area is 112 Å². The number of ketones is 1. The van der Waals surface area contributed by atoms with Crippen LogP contribution in [0.3, 0.4) is 0 Å². The molecule has 0 saturated heterocycles. The van der Waals surface area contributed by atoms with Crippen molar-refractivity contribution >= 4 is 17.4 Å². The van der Waals surface area contributed by atoms with E-state index in [-0.39, 0.29) is 12.4 Å². The van der Waals surface area contributed by atoms with E-state index in [9.17, 15) is 4.79 Å². The number of carbonyl (C=O) groups excluding carboxylic acids is 1. The molecule has 1 aromatic carbocycles. The van der Waals surface area contributed by atoms with E-state index in [1.165, 1.54) is 7.11 Å². The zero-order valence-corrected chi connectivity index (χ0v) is 11.2. The largest absolute Gasteiger partial charge is 0.495 e. The highest BCUT2D eigenvalue weighted by molar-refractivity contribution is 6.32. The summed E-state index contributed by atoms with van der Waals surface area (Å²) in [6, 6.07) is 4.95. The van der Waals surface area contributed by atoms with Gasteiger partial charge in [-0.25, -0.2) is 0 Å². The number of allylic oxidation sites excluding steroid dienone is 1. The molecule has 0 heterocycles. The van der Waals surface area contributed by atoms with E-state index in [2.05, 4.69) is 6.58 Å². The third kappa shape index (κ3) is 4.51. The zero-order chi connectivity index (χ0) is 13.4. The second-order valence-corrected chi connectivity index (χ2v) is 4.16. The van der Waals surface area contributed by atoms with E-state index in [0.717, 1.165) is 12.8 Å². The van der Waals surface area contributed by atoms with Crippen molar-refractivity contribution in [1.29, 1.82) is 0 Å². The van der Waals surface area contributed by atoms with E-state index >= 15 is 0 Å². The maximum Gasteiger partial charge on any atom is 0.188 e. The van der Waals surface area contributed by atoms with Crippen LogP contribution in [0.15, 0.2) is 30.9 Å². The Morgan fingerprint density at radius 1 is 1.50 bits per heavy atom. The molecular weight excluding hydrogens is 252 g/mol. The van der Waals surface area contributed by atoms with Crippen LogP contribution in [-0.2, 0) is 4.74 Å². The molecule has 0 spiro atoms. The Hall–Kier alpha value is -1.32. The van der Waals surface area contributed by atoms with Crippen LogP contribution in [0.5, 0.6) is 5.75 Å². The average Bonchev–Trinajstić information content (AvgIpc) is 2.38. The highest BCUT2D eigenvalue weighted by atomic mass is 35.5. The lowest BCUT2D eigenvalue weighted by molar-refractivity contribution is 0.0757. The fraction of sp³-hybridized carbons (Fsp3) is 0.357. The fourth-order valence-electron chi connectivity index (χ4n) is 1.42. The lowest BCUT2D eigenvalue weighted by Crippen LogP contribution is -2.09. The minimum Gasteiger partial charge on any atom is -0.495 e. The average molecular weight is 269 g/mol. The van der Waals surface area contributed by atoms with Gasteiger partial charge in [0.1, 0.15) is 12.4 Å². The molecule has 0 N–H and O–H groups in total. The Balaban J connectivity index is 2.46. The predicted molar refractivity (Wildman–Crippen MR) is 72.6 cm³/mol. The van der Waals surface area contributed by atoms with Crippen molar-refractivity contribution in [1.82, 2.24) is 0 Å². The number of methoxy groups -OCH3 is 1. The van der Waals surface area contributed by atoms with Crippen molar-refractivity contribution < 1.29 is 14.3 Å². The van der Waals surface area contributed by atoms with Gasteiger partial charge in [-0.1, -0.05) is 17.7 Å². The SMILES string of the molecule is C=CCCCOCC(=O)c1ccc(OC)c(Cl)c1. The van der Waals surface area contributed by atoms with Gasteiger partial charge in [-0.2, -0.15) is 0 Å². The zero-order valence-electron chi connectivity index (χ0n) is 10.4. The maximum atomic E-state index is 11.8. The maximum absolute atomic E-state index is 11.8. The summed E-state index contributed by atoms with van der Waals surface area (Å²) in [6.45, 7) is 4.24. The highest BCUT2D eigenvalue weighted by Crippen LogP contribution is 2.25. The van der Waals surface area contributed by atoms with Crippen molar-refractivity contribution in [3.05, 3.63) is 41.4 Å². The fourth-order valence-corrected chi connectivity index (χ4v) is 1.68. The van der Waals surface area contributed by atoms with Gasteiger partial charge in [0.05, 0.1) is 12.1 Å². The van der Waals surface area contributed by atoms with Crippen LogP contribution in [0, 0.1) is 0 Å².